The lowest BCUT2D eigenvalue weighted by atomic mass is 10.0. The molecule has 0 radical (unpaired) electrons. The highest BCUT2D eigenvalue weighted by Crippen LogP contribution is 2.18. The molecule has 0 aliphatic rings. The Morgan fingerprint density at radius 1 is 0.364 bits per heavy atom. The SMILES string of the molecule is CCCCCC/C=C\C/C=C\CCCCCCCCCC(=O)OCCCCC/C=C\C/C=C\CCCCCCCCCC(=O)NC(CO)C(O)CCCCCCCCCCCCCCCCCCCCCCCCCCC. The third-order valence-electron chi connectivity index (χ3n) is 15.9. The van der Waals surface area contributed by atoms with Gasteiger partial charge >= 0.3 is 5.97 Å². The molecular formula is C71H133NO5. The molecular weight excluding hydrogens is 947 g/mol. The molecule has 0 bridgehead atoms. The fraction of sp³-hybridized carbons (Fsp3) is 0.859. The van der Waals surface area contributed by atoms with E-state index in [1.165, 1.54) is 244 Å². The van der Waals surface area contributed by atoms with Crippen molar-refractivity contribution in [2.24, 2.45) is 0 Å². The van der Waals surface area contributed by atoms with E-state index >= 15 is 0 Å². The maximum atomic E-state index is 12.5. The van der Waals surface area contributed by atoms with Crippen molar-refractivity contribution in [1.29, 1.82) is 0 Å². The van der Waals surface area contributed by atoms with Gasteiger partial charge in [-0.25, -0.2) is 0 Å². The first-order valence-electron chi connectivity index (χ1n) is 34.4. The van der Waals surface area contributed by atoms with Gasteiger partial charge in [0, 0.05) is 12.8 Å². The van der Waals surface area contributed by atoms with Crippen molar-refractivity contribution in [1.82, 2.24) is 5.32 Å². The summed E-state index contributed by atoms with van der Waals surface area (Å²) < 4.78 is 5.47. The van der Waals surface area contributed by atoms with Crippen LogP contribution in [0.25, 0.3) is 0 Å². The summed E-state index contributed by atoms with van der Waals surface area (Å²) in [6.07, 6.45) is 85.7. The second-order valence-electron chi connectivity index (χ2n) is 23.5. The molecule has 77 heavy (non-hydrogen) atoms. The summed E-state index contributed by atoms with van der Waals surface area (Å²) in [7, 11) is 0. The molecule has 0 aromatic heterocycles. The van der Waals surface area contributed by atoms with Gasteiger partial charge in [-0.1, -0.05) is 306 Å². The summed E-state index contributed by atoms with van der Waals surface area (Å²) >= 11 is 0. The second kappa shape index (κ2) is 66.3. The van der Waals surface area contributed by atoms with Gasteiger partial charge in [0.1, 0.15) is 0 Å². The first-order valence-corrected chi connectivity index (χ1v) is 34.4. The number of carbonyl (C=O) groups is 2. The molecule has 0 saturated heterocycles. The molecule has 452 valence electrons. The van der Waals surface area contributed by atoms with E-state index in [-0.39, 0.29) is 18.5 Å². The Kier molecular flexibility index (Phi) is 64.5. The first kappa shape index (κ1) is 74.8. The maximum Gasteiger partial charge on any atom is 0.305 e. The van der Waals surface area contributed by atoms with Gasteiger partial charge in [-0.3, -0.25) is 9.59 Å². The quantitative estimate of drug-likeness (QED) is 0.0320. The number of hydrogen-bond acceptors (Lipinski definition) is 5. The minimum Gasteiger partial charge on any atom is -0.466 e. The number of unbranched alkanes of at least 4 members (excludes halogenated alkanes) is 45. The Morgan fingerprint density at radius 2 is 0.649 bits per heavy atom. The molecule has 0 aromatic rings. The molecule has 2 atom stereocenters. The number of esters is 1. The van der Waals surface area contributed by atoms with Crippen LogP contribution in [0.3, 0.4) is 0 Å². The van der Waals surface area contributed by atoms with Crippen LogP contribution in [0.1, 0.15) is 367 Å². The number of carbonyl (C=O) groups excluding carboxylic acids is 2. The fourth-order valence-corrected chi connectivity index (χ4v) is 10.6. The van der Waals surface area contributed by atoms with Crippen LogP contribution in [-0.4, -0.2) is 47.4 Å². The van der Waals surface area contributed by atoms with E-state index < -0.39 is 12.1 Å². The Hall–Kier alpha value is -2.18. The van der Waals surface area contributed by atoms with Crippen LogP contribution in [0, 0.1) is 0 Å². The van der Waals surface area contributed by atoms with Gasteiger partial charge in [0.15, 0.2) is 0 Å². The average molecular weight is 1080 g/mol. The molecule has 0 aromatic carbocycles. The highest BCUT2D eigenvalue weighted by atomic mass is 16.5. The number of aliphatic hydroxyl groups is 2. The van der Waals surface area contributed by atoms with Crippen LogP contribution in [0.2, 0.25) is 0 Å². The monoisotopic (exact) mass is 1080 g/mol. The Bertz CT molecular complexity index is 1290. The van der Waals surface area contributed by atoms with Crippen molar-refractivity contribution in [3.05, 3.63) is 48.6 Å². The zero-order chi connectivity index (χ0) is 55.7. The van der Waals surface area contributed by atoms with Crippen LogP contribution in [-0.2, 0) is 14.3 Å². The molecule has 0 aliphatic heterocycles. The smallest absolute Gasteiger partial charge is 0.305 e. The number of amides is 1. The maximum absolute atomic E-state index is 12.5. The van der Waals surface area contributed by atoms with Gasteiger partial charge in [0.25, 0.3) is 0 Å². The van der Waals surface area contributed by atoms with Crippen molar-refractivity contribution in [3.63, 3.8) is 0 Å². The van der Waals surface area contributed by atoms with E-state index in [4.69, 9.17) is 4.74 Å². The molecule has 2 unspecified atom stereocenters. The summed E-state index contributed by atoms with van der Waals surface area (Å²) in [4.78, 5) is 24.6. The Labute approximate surface area is 480 Å². The predicted molar refractivity (Wildman–Crippen MR) is 338 cm³/mol. The van der Waals surface area contributed by atoms with Gasteiger partial charge in [-0.05, 0) is 96.3 Å². The lowest BCUT2D eigenvalue weighted by molar-refractivity contribution is -0.143. The van der Waals surface area contributed by atoms with Crippen LogP contribution >= 0.6 is 0 Å². The Morgan fingerprint density at radius 3 is 1.00 bits per heavy atom. The molecule has 0 saturated carbocycles. The highest BCUT2D eigenvalue weighted by molar-refractivity contribution is 5.76. The summed E-state index contributed by atoms with van der Waals surface area (Å²) in [5.74, 6) is -0.0703. The largest absolute Gasteiger partial charge is 0.466 e. The summed E-state index contributed by atoms with van der Waals surface area (Å²) in [5, 5.41) is 23.4. The molecule has 6 heteroatoms. The summed E-state index contributed by atoms with van der Waals surface area (Å²) in [5.41, 5.74) is 0. The topological polar surface area (TPSA) is 95.9 Å². The van der Waals surface area contributed by atoms with Crippen molar-refractivity contribution in [3.8, 4) is 0 Å². The lowest BCUT2D eigenvalue weighted by Gasteiger charge is -2.22. The summed E-state index contributed by atoms with van der Waals surface area (Å²) in [6, 6.07) is -0.557. The average Bonchev–Trinajstić information content (AvgIpc) is 3.43. The minimum absolute atomic E-state index is 0.0222. The molecule has 0 aliphatic carbocycles. The molecule has 6 nitrogen and oxygen atoms in total. The van der Waals surface area contributed by atoms with Gasteiger partial charge in [-0.2, -0.15) is 0 Å². The third kappa shape index (κ3) is 62.9. The van der Waals surface area contributed by atoms with E-state index in [9.17, 15) is 19.8 Å². The molecule has 1 amide bonds. The van der Waals surface area contributed by atoms with Crippen LogP contribution in [0.5, 0.6) is 0 Å². The third-order valence-corrected chi connectivity index (χ3v) is 15.9. The van der Waals surface area contributed by atoms with E-state index in [0.29, 0.717) is 25.9 Å². The highest BCUT2D eigenvalue weighted by Gasteiger charge is 2.20. The number of allylic oxidation sites excluding steroid dienone is 8. The van der Waals surface area contributed by atoms with Crippen molar-refractivity contribution < 1.29 is 24.5 Å². The predicted octanol–water partition coefficient (Wildman–Crippen LogP) is 22.1. The molecule has 3 N–H and O–H groups in total. The molecule has 0 spiro atoms. The number of nitrogens with one attached hydrogen (secondary N) is 1. The van der Waals surface area contributed by atoms with E-state index in [2.05, 4.69) is 67.8 Å². The van der Waals surface area contributed by atoms with E-state index in [1.54, 1.807) is 0 Å². The minimum atomic E-state index is -0.678. The van der Waals surface area contributed by atoms with Crippen molar-refractivity contribution in [2.45, 2.75) is 379 Å². The molecule has 0 heterocycles. The van der Waals surface area contributed by atoms with Gasteiger partial charge < -0.3 is 20.3 Å². The number of rotatable bonds is 64. The fourth-order valence-electron chi connectivity index (χ4n) is 10.6. The van der Waals surface area contributed by atoms with Gasteiger partial charge in [0.05, 0.1) is 25.4 Å². The standard InChI is InChI=1S/C71H133NO5/c1-3-5-7-9-11-13-15-17-19-21-23-24-25-26-27-28-29-31-35-39-43-47-51-55-59-63-69(74)68(67-73)72-70(75)64-60-56-52-48-44-40-36-32-30-34-38-42-46-50-54-58-62-66-77-71(76)65-61-57-53-49-45-41-37-33-22-20-18-16-14-12-10-8-6-4-2/h14,16,20,22,30,34,42,46,68-69,73-74H,3-13,15,17-19,21,23-29,31-33,35-41,43-45,47-67H2,1-2H3,(H,72,75)/b16-14-,22-20-,34-30-,46-42-. The second-order valence-corrected chi connectivity index (χ2v) is 23.5. The van der Waals surface area contributed by atoms with Crippen LogP contribution < -0.4 is 5.32 Å². The summed E-state index contributed by atoms with van der Waals surface area (Å²) in [6.45, 7) is 4.91. The van der Waals surface area contributed by atoms with Crippen LogP contribution in [0.4, 0.5) is 0 Å². The van der Waals surface area contributed by atoms with E-state index in [1.807, 2.05) is 0 Å². The zero-order valence-corrected chi connectivity index (χ0v) is 51.7. The molecule has 0 fully saturated rings. The molecule has 0 rings (SSSR count). The van der Waals surface area contributed by atoms with Gasteiger partial charge in [0.2, 0.25) is 5.91 Å². The Balaban J connectivity index is 3.48. The van der Waals surface area contributed by atoms with Crippen molar-refractivity contribution >= 4 is 11.9 Å². The number of hydrogen-bond donors (Lipinski definition) is 3. The zero-order valence-electron chi connectivity index (χ0n) is 51.7. The van der Waals surface area contributed by atoms with Crippen LogP contribution in [0.15, 0.2) is 48.6 Å². The number of aliphatic hydroxyl groups excluding tert-OH is 2. The van der Waals surface area contributed by atoms with E-state index in [0.717, 1.165) is 89.9 Å². The lowest BCUT2D eigenvalue weighted by Crippen LogP contribution is -2.45. The van der Waals surface area contributed by atoms with Gasteiger partial charge in [-0.15, -0.1) is 0 Å². The normalized spacial score (nSPS) is 12.8. The first-order chi connectivity index (χ1) is 38.0. The van der Waals surface area contributed by atoms with Crippen molar-refractivity contribution in [2.75, 3.05) is 13.2 Å². The number of ether oxygens (including phenoxy) is 1.